The normalized spacial score (nSPS) is 18.0. The number of aliphatic hydroxyl groups is 1. The van der Waals surface area contributed by atoms with Gasteiger partial charge in [0, 0.05) is 24.6 Å². The minimum atomic E-state index is -0.780. The van der Waals surface area contributed by atoms with Gasteiger partial charge in [0.1, 0.15) is 12.2 Å². The first-order valence-electron chi connectivity index (χ1n) is 9.90. The Labute approximate surface area is 179 Å². The van der Waals surface area contributed by atoms with E-state index in [1.54, 1.807) is 43.8 Å². The summed E-state index contributed by atoms with van der Waals surface area (Å²) < 4.78 is 23.1. The van der Waals surface area contributed by atoms with Crippen molar-refractivity contribution in [1.82, 2.24) is 15.0 Å². The van der Waals surface area contributed by atoms with Crippen molar-refractivity contribution in [2.24, 2.45) is 0 Å². The molecule has 3 N–H and O–H groups in total. The lowest BCUT2D eigenvalue weighted by Crippen LogP contribution is -2.39. The minimum absolute atomic E-state index is 0.0953. The predicted octanol–water partition coefficient (Wildman–Crippen LogP) is 2.84. The van der Waals surface area contributed by atoms with E-state index in [4.69, 9.17) is 24.7 Å². The molecular formula is C22H24N4O5. The zero-order valence-corrected chi connectivity index (χ0v) is 17.2. The van der Waals surface area contributed by atoms with Gasteiger partial charge in [-0.3, -0.25) is 4.98 Å². The molecule has 0 aliphatic carbocycles. The number of nitrogens with zero attached hydrogens (tertiary/aromatic N) is 3. The molecule has 162 valence electrons. The van der Waals surface area contributed by atoms with Crippen LogP contribution in [0, 0.1) is 0 Å². The summed E-state index contributed by atoms with van der Waals surface area (Å²) in [5, 5.41) is 9.84. The molecule has 3 heterocycles. The molecule has 1 aromatic carbocycles. The van der Waals surface area contributed by atoms with Crippen LogP contribution in [-0.4, -0.2) is 52.6 Å². The Bertz CT molecular complexity index is 1030. The lowest BCUT2D eigenvalue weighted by molar-refractivity contribution is -0.0665. The van der Waals surface area contributed by atoms with Gasteiger partial charge in [0.15, 0.2) is 23.1 Å². The Kier molecular flexibility index (Phi) is 6.15. The molecule has 3 aromatic rings. The Hall–Kier alpha value is -3.43. The van der Waals surface area contributed by atoms with Gasteiger partial charge in [-0.05, 0) is 37.1 Å². The molecule has 9 nitrogen and oxygen atoms in total. The molecule has 31 heavy (non-hydrogen) atoms. The fourth-order valence-corrected chi connectivity index (χ4v) is 3.32. The summed E-state index contributed by atoms with van der Waals surface area (Å²) in [5.41, 5.74) is 6.20. The van der Waals surface area contributed by atoms with Crippen molar-refractivity contribution in [3.8, 4) is 34.5 Å². The number of anilines is 1. The predicted molar refractivity (Wildman–Crippen MR) is 113 cm³/mol. The van der Waals surface area contributed by atoms with Gasteiger partial charge in [0.2, 0.25) is 5.75 Å². The smallest absolute Gasteiger partial charge is 0.263 e. The number of benzene rings is 1. The standard InChI is InChI=1S/C22H24N4O5/c1-28-16-5-2-3-6-17(16)31-18-19(23)25-20(15-7-10-24-11-8-15)26-21(18)29-14-22(13-27)9-4-12-30-22/h2-3,5-8,10-11,27H,4,9,12-14H2,1H3,(H2,23,25,26). The van der Waals surface area contributed by atoms with E-state index in [9.17, 15) is 5.11 Å². The van der Waals surface area contributed by atoms with Crippen molar-refractivity contribution in [2.75, 3.05) is 32.7 Å². The number of nitrogens with two attached hydrogens (primary N) is 1. The molecule has 9 heteroatoms. The topological polar surface area (TPSA) is 122 Å². The van der Waals surface area contributed by atoms with Crippen LogP contribution in [0.15, 0.2) is 48.8 Å². The van der Waals surface area contributed by atoms with Crippen LogP contribution >= 0.6 is 0 Å². The lowest BCUT2D eigenvalue weighted by atomic mass is 10.0. The van der Waals surface area contributed by atoms with Crippen LogP contribution in [0.2, 0.25) is 0 Å². The van der Waals surface area contributed by atoms with Crippen LogP contribution in [0.1, 0.15) is 12.8 Å². The van der Waals surface area contributed by atoms with Crippen LogP contribution in [0.25, 0.3) is 11.4 Å². The zero-order valence-electron chi connectivity index (χ0n) is 17.2. The number of methoxy groups -OCH3 is 1. The van der Waals surface area contributed by atoms with Gasteiger partial charge in [-0.2, -0.15) is 4.98 Å². The molecule has 4 rings (SSSR count). The molecular weight excluding hydrogens is 400 g/mol. The van der Waals surface area contributed by atoms with Crippen LogP contribution in [-0.2, 0) is 4.74 Å². The highest BCUT2D eigenvalue weighted by atomic mass is 16.6. The number of pyridine rings is 1. The summed E-state index contributed by atoms with van der Waals surface area (Å²) in [6.07, 6.45) is 4.82. The molecule has 1 aliphatic rings. The highest BCUT2D eigenvalue weighted by Crippen LogP contribution is 2.40. The number of para-hydroxylation sites is 2. The fraction of sp³-hybridized carbons (Fsp3) is 0.318. The Morgan fingerprint density at radius 2 is 1.90 bits per heavy atom. The summed E-state index contributed by atoms with van der Waals surface area (Å²) in [6.45, 7) is 0.508. The van der Waals surface area contributed by atoms with Gasteiger partial charge in [-0.1, -0.05) is 12.1 Å². The number of hydrogen-bond acceptors (Lipinski definition) is 9. The van der Waals surface area contributed by atoms with Crippen molar-refractivity contribution in [1.29, 1.82) is 0 Å². The highest BCUT2D eigenvalue weighted by molar-refractivity contribution is 5.63. The third kappa shape index (κ3) is 4.52. The van der Waals surface area contributed by atoms with Gasteiger partial charge in [-0.25, -0.2) is 4.98 Å². The summed E-state index contributed by atoms with van der Waals surface area (Å²) in [5.74, 6) is 1.75. The minimum Gasteiger partial charge on any atom is -0.493 e. The second-order valence-electron chi connectivity index (χ2n) is 7.14. The SMILES string of the molecule is COc1ccccc1Oc1c(N)nc(-c2ccncc2)nc1OCC1(CO)CCCO1. The average Bonchev–Trinajstić information content (AvgIpc) is 3.29. The van der Waals surface area contributed by atoms with Gasteiger partial charge in [0.05, 0.1) is 13.7 Å². The molecule has 0 bridgehead atoms. The van der Waals surface area contributed by atoms with Crippen molar-refractivity contribution >= 4 is 5.82 Å². The first-order chi connectivity index (χ1) is 15.1. The summed E-state index contributed by atoms with van der Waals surface area (Å²) in [6, 6.07) is 10.7. The van der Waals surface area contributed by atoms with Gasteiger partial charge < -0.3 is 29.8 Å². The Morgan fingerprint density at radius 1 is 1.13 bits per heavy atom. The monoisotopic (exact) mass is 424 g/mol. The molecule has 0 spiro atoms. The number of hydrogen-bond donors (Lipinski definition) is 2. The molecule has 0 saturated carbocycles. The van der Waals surface area contributed by atoms with Crippen LogP contribution in [0.3, 0.4) is 0 Å². The largest absolute Gasteiger partial charge is 0.493 e. The highest BCUT2D eigenvalue weighted by Gasteiger charge is 2.36. The number of rotatable bonds is 8. The van der Waals surface area contributed by atoms with E-state index in [0.717, 1.165) is 12.0 Å². The third-order valence-electron chi connectivity index (χ3n) is 5.03. The molecule has 1 fully saturated rings. The van der Waals surface area contributed by atoms with E-state index in [1.807, 2.05) is 12.1 Å². The van der Waals surface area contributed by atoms with E-state index in [1.165, 1.54) is 0 Å². The maximum Gasteiger partial charge on any atom is 0.263 e. The van der Waals surface area contributed by atoms with Gasteiger partial charge in [-0.15, -0.1) is 0 Å². The van der Waals surface area contributed by atoms with E-state index < -0.39 is 5.60 Å². The van der Waals surface area contributed by atoms with Crippen molar-refractivity contribution in [3.05, 3.63) is 48.8 Å². The second-order valence-corrected chi connectivity index (χ2v) is 7.14. The average molecular weight is 424 g/mol. The van der Waals surface area contributed by atoms with Crippen LogP contribution in [0.5, 0.6) is 23.1 Å². The molecule has 0 radical (unpaired) electrons. The molecule has 1 atom stereocenters. The van der Waals surface area contributed by atoms with Gasteiger partial charge >= 0.3 is 0 Å². The number of aliphatic hydroxyl groups excluding tert-OH is 1. The second kappa shape index (κ2) is 9.15. The molecule has 0 amide bonds. The van der Waals surface area contributed by atoms with E-state index in [0.29, 0.717) is 30.4 Å². The first kappa shape index (κ1) is 20.8. The van der Waals surface area contributed by atoms with E-state index >= 15 is 0 Å². The number of aromatic nitrogens is 3. The quantitative estimate of drug-likeness (QED) is 0.562. The van der Waals surface area contributed by atoms with Gasteiger partial charge in [0.25, 0.3) is 5.88 Å². The summed E-state index contributed by atoms with van der Waals surface area (Å²) >= 11 is 0. The van der Waals surface area contributed by atoms with E-state index in [2.05, 4.69) is 15.0 Å². The molecule has 1 saturated heterocycles. The summed E-state index contributed by atoms with van der Waals surface area (Å²) in [4.78, 5) is 12.9. The van der Waals surface area contributed by atoms with E-state index in [-0.39, 0.29) is 30.7 Å². The Balaban J connectivity index is 1.71. The lowest BCUT2D eigenvalue weighted by Gasteiger charge is -2.26. The van der Waals surface area contributed by atoms with Crippen molar-refractivity contribution < 1.29 is 24.1 Å². The Morgan fingerprint density at radius 3 is 2.58 bits per heavy atom. The van der Waals surface area contributed by atoms with Crippen LogP contribution in [0.4, 0.5) is 5.82 Å². The molecule has 2 aromatic heterocycles. The number of nitrogen functional groups attached to an aromatic ring is 1. The van der Waals surface area contributed by atoms with Crippen LogP contribution < -0.4 is 19.9 Å². The maximum atomic E-state index is 9.84. The maximum absolute atomic E-state index is 9.84. The first-order valence-corrected chi connectivity index (χ1v) is 9.90. The molecule has 1 unspecified atom stereocenters. The fourth-order valence-electron chi connectivity index (χ4n) is 3.32. The summed E-state index contributed by atoms with van der Waals surface area (Å²) in [7, 11) is 1.55. The molecule has 1 aliphatic heterocycles. The van der Waals surface area contributed by atoms with Crippen molar-refractivity contribution in [2.45, 2.75) is 18.4 Å². The third-order valence-corrected chi connectivity index (χ3v) is 5.03. The van der Waals surface area contributed by atoms with Crippen molar-refractivity contribution in [3.63, 3.8) is 0 Å². The zero-order chi connectivity index (χ0) is 21.7. The number of ether oxygens (including phenoxy) is 4.